The van der Waals surface area contributed by atoms with E-state index in [1.54, 1.807) is 0 Å². The van der Waals surface area contributed by atoms with Crippen LogP contribution in [0.4, 0.5) is 5.69 Å². The molecule has 10 heteroatoms. The van der Waals surface area contributed by atoms with E-state index in [9.17, 15) is 22.8 Å². The van der Waals surface area contributed by atoms with Crippen LogP contribution in [0.1, 0.15) is 10.5 Å². The number of aromatic nitrogens is 2. The third-order valence-electron chi connectivity index (χ3n) is 2.45. The van der Waals surface area contributed by atoms with Gasteiger partial charge in [-0.2, -0.15) is 0 Å². The van der Waals surface area contributed by atoms with E-state index >= 15 is 0 Å². The molecule has 0 aliphatic heterocycles. The van der Waals surface area contributed by atoms with Crippen molar-refractivity contribution in [3.8, 4) is 0 Å². The van der Waals surface area contributed by atoms with Crippen LogP contribution in [0.2, 0.25) is 0 Å². The summed E-state index contributed by atoms with van der Waals surface area (Å²) in [6.45, 7) is 0. The molecule has 0 radical (unpaired) electrons. The number of amides is 1. The SMILES string of the molecule is NS(=O)(=O)c1ccccc1NC(=O)c1cc(=O)[nH]c(=O)[nH]1. The van der Waals surface area contributed by atoms with Crippen molar-refractivity contribution in [2.75, 3.05) is 5.32 Å². The van der Waals surface area contributed by atoms with Crippen molar-refractivity contribution in [3.05, 3.63) is 56.9 Å². The highest BCUT2D eigenvalue weighted by molar-refractivity contribution is 7.89. The van der Waals surface area contributed by atoms with Crippen LogP contribution in [0.15, 0.2) is 44.8 Å². The number of carbonyl (C=O) groups excluding carboxylic acids is 1. The Morgan fingerprint density at radius 3 is 2.43 bits per heavy atom. The number of anilines is 1. The molecular weight excluding hydrogens is 300 g/mol. The number of nitrogens with two attached hydrogens (primary N) is 1. The molecule has 5 N–H and O–H groups in total. The van der Waals surface area contributed by atoms with Gasteiger partial charge < -0.3 is 10.3 Å². The van der Waals surface area contributed by atoms with Gasteiger partial charge in [0.15, 0.2) is 0 Å². The molecule has 9 nitrogen and oxygen atoms in total. The first-order valence-corrected chi connectivity index (χ1v) is 7.09. The number of hydrogen-bond acceptors (Lipinski definition) is 5. The van der Waals surface area contributed by atoms with Crippen LogP contribution >= 0.6 is 0 Å². The summed E-state index contributed by atoms with van der Waals surface area (Å²) in [6, 6.07) is 6.33. The molecule has 0 saturated heterocycles. The van der Waals surface area contributed by atoms with Gasteiger partial charge in [0.05, 0.1) is 5.69 Å². The summed E-state index contributed by atoms with van der Waals surface area (Å²) in [6.07, 6.45) is 0. The number of para-hydroxylation sites is 1. The minimum Gasteiger partial charge on any atom is -0.319 e. The maximum Gasteiger partial charge on any atom is 0.326 e. The second-order valence-electron chi connectivity index (χ2n) is 4.00. The summed E-state index contributed by atoms with van der Waals surface area (Å²) in [5.74, 6) is -0.852. The van der Waals surface area contributed by atoms with Gasteiger partial charge in [-0.25, -0.2) is 18.4 Å². The molecule has 0 spiro atoms. The Morgan fingerprint density at radius 1 is 1.14 bits per heavy atom. The largest absolute Gasteiger partial charge is 0.326 e. The fourth-order valence-electron chi connectivity index (χ4n) is 1.60. The molecule has 0 bridgehead atoms. The lowest BCUT2D eigenvalue weighted by molar-refractivity contribution is 0.102. The van der Waals surface area contributed by atoms with Gasteiger partial charge in [0, 0.05) is 6.07 Å². The lowest BCUT2D eigenvalue weighted by Gasteiger charge is -2.08. The lowest BCUT2D eigenvalue weighted by atomic mass is 10.3. The van der Waals surface area contributed by atoms with Crippen LogP contribution in [0, 0.1) is 0 Å². The van der Waals surface area contributed by atoms with Crippen molar-refractivity contribution in [2.24, 2.45) is 5.14 Å². The maximum atomic E-state index is 11.9. The number of sulfonamides is 1. The molecule has 0 aliphatic rings. The summed E-state index contributed by atoms with van der Waals surface area (Å²) in [7, 11) is -4.03. The van der Waals surface area contributed by atoms with Crippen molar-refractivity contribution in [2.45, 2.75) is 4.90 Å². The van der Waals surface area contributed by atoms with Crippen LogP contribution in [0.5, 0.6) is 0 Å². The maximum absolute atomic E-state index is 11.9. The highest BCUT2D eigenvalue weighted by Gasteiger charge is 2.16. The Hall–Kier alpha value is -2.72. The van der Waals surface area contributed by atoms with E-state index in [4.69, 9.17) is 5.14 Å². The van der Waals surface area contributed by atoms with Gasteiger partial charge in [-0.1, -0.05) is 12.1 Å². The molecule has 0 atom stereocenters. The molecule has 0 fully saturated rings. The Labute approximate surface area is 117 Å². The standard InChI is InChI=1S/C11H10N4O5S/c12-21(19,20)8-4-2-1-3-6(8)13-10(17)7-5-9(16)15-11(18)14-7/h1-5H,(H,13,17)(H2,12,19,20)(H2,14,15,16,18). The monoisotopic (exact) mass is 310 g/mol. The third kappa shape index (κ3) is 3.43. The predicted octanol–water partition coefficient (Wildman–Crippen LogP) is -1.04. The predicted molar refractivity (Wildman–Crippen MR) is 73.5 cm³/mol. The van der Waals surface area contributed by atoms with E-state index in [1.165, 1.54) is 24.3 Å². The smallest absolute Gasteiger partial charge is 0.319 e. The number of hydrogen-bond donors (Lipinski definition) is 4. The van der Waals surface area contributed by atoms with E-state index in [0.29, 0.717) is 0 Å². The highest BCUT2D eigenvalue weighted by atomic mass is 32.2. The summed E-state index contributed by atoms with van der Waals surface area (Å²) >= 11 is 0. The van der Waals surface area contributed by atoms with Crippen LogP contribution in [-0.4, -0.2) is 24.3 Å². The van der Waals surface area contributed by atoms with Crippen molar-refractivity contribution < 1.29 is 13.2 Å². The molecule has 1 aromatic heterocycles. The molecular formula is C11H10N4O5S. The highest BCUT2D eigenvalue weighted by Crippen LogP contribution is 2.19. The zero-order chi connectivity index (χ0) is 15.6. The average Bonchev–Trinajstić information content (AvgIpc) is 2.37. The topological polar surface area (TPSA) is 155 Å². The van der Waals surface area contributed by atoms with Crippen LogP contribution in [-0.2, 0) is 10.0 Å². The van der Waals surface area contributed by atoms with Gasteiger partial charge in [-0.05, 0) is 12.1 Å². The lowest BCUT2D eigenvalue weighted by Crippen LogP contribution is -2.27. The van der Waals surface area contributed by atoms with Gasteiger partial charge in [-0.3, -0.25) is 14.6 Å². The molecule has 2 aromatic rings. The summed E-state index contributed by atoms with van der Waals surface area (Å²) in [5.41, 5.74) is -1.99. The quantitative estimate of drug-likeness (QED) is 0.570. The molecule has 1 heterocycles. The fraction of sp³-hybridized carbons (Fsp3) is 0. The van der Waals surface area contributed by atoms with Crippen molar-refractivity contribution in [1.82, 2.24) is 9.97 Å². The van der Waals surface area contributed by atoms with E-state index < -0.39 is 27.2 Å². The first kappa shape index (κ1) is 14.7. The van der Waals surface area contributed by atoms with E-state index in [2.05, 4.69) is 10.3 Å². The Morgan fingerprint density at radius 2 is 1.81 bits per heavy atom. The van der Waals surface area contributed by atoms with Gasteiger partial charge in [-0.15, -0.1) is 0 Å². The minimum absolute atomic E-state index is 0.0638. The Balaban J connectivity index is 2.41. The zero-order valence-corrected chi connectivity index (χ0v) is 11.2. The molecule has 2 rings (SSSR count). The molecule has 1 aromatic carbocycles. The number of rotatable bonds is 3. The number of H-pyrrole nitrogens is 2. The fourth-order valence-corrected chi connectivity index (χ4v) is 2.29. The first-order chi connectivity index (χ1) is 9.77. The Kier molecular flexibility index (Phi) is 3.74. The molecule has 0 saturated carbocycles. The van der Waals surface area contributed by atoms with Crippen LogP contribution in [0.25, 0.3) is 0 Å². The molecule has 1 amide bonds. The van der Waals surface area contributed by atoms with Crippen molar-refractivity contribution in [3.63, 3.8) is 0 Å². The van der Waals surface area contributed by atoms with Gasteiger partial charge in [0.2, 0.25) is 10.0 Å². The van der Waals surface area contributed by atoms with Gasteiger partial charge >= 0.3 is 5.69 Å². The summed E-state index contributed by atoms with van der Waals surface area (Å²) in [4.78, 5) is 37.9. The molecule has 21 heavy (non-hydrogen) atoms. The minimum atomic E-state index is -4.03. The number of aromatic amines is 2. The van der Waals surface area contributed by atoms with Crippen LogP contribution in [0.3, 0.4) is 0 Å². The zero-order valence-electron chi connectivity index (χ0n) is 10.4. The van der Waals surface area contributed by atoms with E-state index in [1.807, 2.05) is 4.98 Å². The second kappa shape index (κ2) is 5.34. The van der Waals surface area contributed by atoms with Gasteiger partial charge in [0.25, 0.3) is 11.5 Å². The van der Waals surface area contributed by atoms with Crippen LogP contribution < -0.4 is 21.7 Å². The second-order valence-corrected chi connectivity index (χ2v) is 5.53. The molecule has 110 valence electrons. The van der Waals surface area contributed by atoms with E-state index in [0.717, 1.165) is 6.07 Å². The first-order valence-electron chi connectivity index (χ1n) is 5.54. The Bertz CT molecular complexity index is 884. The number of primary sulfonamides is 1. The van der Waals surface area contributed by atoms with Crippen molar-refractivity contribution in [1.29, 1.82) is 0 Å². The van der Waals surface area contributed by atoms with Gasteiger partial charge in [0.1, 0.15) is 10.6 Å². The number of benzene rings is 1. The third-order valence-corrected chi connectivity index (χ3v) is 3.42. The summed E-state index contributed by atoms with van der Waals surface area (Å²) in [5, 5.41) is 7.30. The summed E-state index contributed by atoms with van der Waals surface area (Å²) < 4.78 is 22.8. The van der Waals surface area contributed by atoms with Crippen molar-refractivity contribution >= 4 is 21.6 Å². The molecule has 0 aliphatic carbocycles. The number of nitrogens with one attached hydrogen (secondary N) is 3. The average molecular weight is 310 g/mol. The molecule has 0 unspecified atom stereocenters. The normalized spacial score (nSPS) is 11.1. The van der Waals surface area contributed by atoms with E-state index in [-0.39, 0.29) is 16.3 Å². The number of carbonyl (C=O) groups is 1.